The molecule has 1 heterocycles. The molecule has 0 aliphatic carbocycles. The van der Waals surface area contributed by atoms with Gasteiger partial charge in [-0.25, -0.2) is 0 Å². The predicted molar refractivity (Wildman–Crippen MR) is 72.8 cm³/mol. The Labute approximate surface area is 105 Å². The first-order chi connectivity index (χ1) is 8.29. The third-order valence-corrected chi connectivity index (χ3v) is 3.41. The zero-order chi connectivity index (χ0) is 12.1. The molecular weight excluding hydrogens is 234 g/mol. The third-order valence-electron chi connectivity index (χ3n) is 2.51. The molecule has 2 rings (SSSR count). The van der Waals surface area contributed by atoms with Crippen molar-refractivity contribution < 1.29 is 9.84 Å². The molecule has 1 atom stereocenters. The molecule has 92 valence electrons. The first kappa shape index (κ1) is 12.4. The average molecular weight is 251 g/mol. The fraction of sp³-hybridized carbons (Fsp3) is 0.385. The lowest BCUT2D eigenvalue weighted by molar-refractivity contribution is 0.0496. The fourth-order valence-electron chi connectivity index (χ4n) is 1.63. The number of ether oxygens (including phenoxy) is 1. The number of hydrogen-bond donors (Lipinski definition) is 2. The fourth-order valence-corrected chi connectivity index (χ4v) is 2.40. The number of anilines is 1. The van der Waals surface area contributed by atoms with Crippen LogP contribution in [-0.2, 0) is 4.74 Å². The van der Waals surface area contributed by atoms with Crippen LogP contribution in [0.1, 0.15) is 6.92 Å². The Morgan fingerprint density at radius 1 is 1.41 bits per heavy atom. The van der Waals surface area contributed by atoms with Crippen molar-refractivity contribution in [3.63, 3.8) is 0 Å². The quantitative estimate of drug-likeness (QED) is 0.829. The van der Waals surface area contributed by atoms with Crippen LogP contribution in [-0.4, -0.2) is 31.0 Å². The van der Waals surface area contributed by atoms with Gasteiger partial charge in [0.25, 0.3) is 0 Å². The van der Waals surface area contributed by atoms with E-state index >= 15 is 0 Å². The summed E-state index contributed by atoms with van der Waals surface area (Å²) in [5.74, 6) is 0. The monoisotopic (exact) mass is 251 g/mol. The normalized spacial score (nSPS) is 12.8. The Bertz CT molecular complexity index is 469. The van der Waals surface area contributed by atoms with Crippen LogP contribution < -0.4 is 5.32 Å². The van der Waals surface area contributed by atoms with Crippen LogP contribution in [0.15, 0.2) is 29.6 Å². The number of fused-ring (bicyclic) bond motifs is 1. The standard InChI is InChI=1S/C13H17NO2S/c1-2-16-9-12(15)8-14-11-3-4-13-10(7-11)5-6-17-13/h3-7,12,14-15H,2,8-9H2,1H3. The summed E-state index contributed by atoms with van der Waals surface area (Å²) in [6.07, 6.45) is -0.465. The highest BCUT2D eigenvalue weighted by molar-refractivity contribution is 7.17. The van der Waals surface area contributed by atoms with Gasteiger partial charge in [-0.3, -0.25) is 0 Å². The van der Waals surface area contributed by atoms with E-state index in [1.807, 2.05) is 13.0 Å². The van der Waals surface area contributed by atoms with Crippen LogP contribution in [0.5, 0.6) is 0 Å². The summed E-state index contributed by atoms with van der Waals surface area (Å²) >= 11 is 1.73. The Morgan fingerprint density at radius 2 is 2.29 bits per heavy atom. The Hall–Kier alpha value is -1.10. The van der Waals surface area contributed by atoms with E-state index in [1.165, 1.54) is 10.1 Å². The first-order valence-electron chi connectivity index (χ1n) is 5.76. The zero-order valence-corrected chi connectivity index (χ0v) is 10.7. The smallest absolute Gasteiger partial charge is 0.0945 e. The molecule has 17 heavy (non-hydrogen) atoms. The van der Waals surface area contributed by atoms with Gasteiger partial charge in [-0.2, -0.15) is 0 Å². The molecule has 1 unspecified atom stereocenters. The number of rotatable bonds is 6. The van der Waals surface area contributed by atoms with E-state index < -0.39 is 6.10 Å². The molecule has 0 bridgehead atoms. The third kappa shape index (κ3) is 3.43. The lowest BCUT2D eigenvalue weighted by Gasteiger charge is -2.12. The van der Waals surface area contributed by atoms with Gasteiger partial charge >= 0.3 is 0 Å². The SMILES string of the molecule is CCOCC(O)CNc1ccc2sccc2c1. The van der Waals surface area contributed by atoms with Gasteiger partial charge in [0.1, 0.15) is 0 Å². The van der Waals surface area contributed by atoms with E-state index in [-0.39, 0.29) is 0 Å². The molecule has 0 spiro atoms. The van der Waals surface area contributed by atoms with Gasteiger partial charge in [-0.05, 0) is 42.0 Å². The number of nitrogens with one attached hydrogen (secondary N) is 1. The summed E-state index contributed by atoms with van der Waals surface area (Å²) in [6, 6.07) is 8.32. The maximum Gasteiger partial charge on any atom is 0.0945 e. The van der Waals surface area contributed by atoms with Gasteiger partial charge < -0.3 is 15.2 Å². The molecule has 0 aliphatic rings. The second kappa shape index (κ2) is 6.00. The maximum absolute atomic E-state index is 9.63. The Kier molecular flexibility index (Phi) is 4.36. The van der Waals surface area contributed by atoms with E-state index in [4.69, 9.17) is 4.74 Å². The highest BCUT2D eigenvalue weighted by Crippen LogP contribution is 2.23. The predicted octanol–water partition coefficient (Wildman–Crippen LogP) is 2.71. The molecule has 0 aliphatic heterocycles. The molecular formula is C13H17NO2S. The second-order valence-electron chi connectivity index (χ2n) is 3.87. The summed E-state index contributed by atoms with van der Waals surface area (Å²) in [5, 5.41) is 16.2. The van der Waals surface area contributed by atoms with E-state index in [0.29, 0.717) is 19.8 Å². The number of benzene rings is 1. The minimum Gasteiger partial charge on any atom is -0.389 e. The molecule has 0 amide bonds. The van der Waals surface area contributed by atoms with Gasteiger partial charge in [0, 0.05) is 23.5 Å². The second-order valence-corrected chi connectivity index (χ2v) is 4.82. The maximum atomic E-state index is 9.63. The van der Waals surface area contributed by atoms with Crippen LogP contribution in [0.25, 0.3) is 10.1 Å². The van der Waals surface area contributed by atoms with E-state index in [2.05, 4.69) is 28.9 Å². The molecule has 2 N–H and O–H groups in total. The summed E-state index contributed by atoms with van der Waals surface area (Å²) in [4.78, 5) is 0. The summed E-state index contributed by atoms with van der Waals surface area (Å²) in [6.45, 7) is 3.45. The molecule has 0 fully saturated rings. The van der Waals surface area contributed by atoms with Crippen molar-refractivity contribution >= 4 is 27.1 Å². The molecule has 0 saturated carbocycles. The highest BCUT2D eigenvalue weighted by atomic mass is 32.1. The van der Waals surface area contributed by atoms with E-state index in [9.17, 15) is 5.11 Å². The van der Waals surface area contributed by atoms with Crippen molar-refractivity contribution in [2.75, 3.05) is 25.1 Å². The number of aliphatic hydroxyl groups is 1. The Morgan fingerprint density at radius 3 is 3.12 bits per heavy atom. The number of thiophene rings is 1. The van der Waals surface area contributed by atoms with Crippen LogP contribution in [0, 0.1) is 0 Å². The van der Waals surface area contributed by atoms with Crippen LogP contribution in [0.2, 0.25) is 0 Å². The summed E-state index contributed by atoms with van der Waals surface area (Å²) in [7, 11) is 0. The number of aliphatic hydroxyl groups excluding tert-OH is 1. The van der Waals surface area contributed by atoms with Crippen LogP contribution in [0.4, 0.5) is 5.69 Å². The topological polar surface area (TPSA) is 41.5 Å². The Balaban J connectivity index is 1.89. The van der Waals surface area contributed by atoms with Crippen molar-refractivity contribution in [2.45, 2.75) is 13.0 Å². The molecule has 3 nitrogen and oxygen atoms in total. The zero-order valence-electron chi connectivity index (χ0n) is 9.85. The van der Waals surface area contributed by atoms with E-state index in [1.54, 1.807) is 11.3 Å². The van der Waals surface area contributed by atoms with Crippen LogP contribution >= 0.6 is 11.3 Å². The van der Waals surface area contributed by atoms with Crippen LogP contribution in [0.3, 0.4) is 0 Å². The van der Waals surface area contributed by atoms with Gasteiger partial charge in [0.05, 0.1) is 12.7 Å². The molecule has 1 aromatic heterocycles. The number of hydrogen-bond acceptors (Lipinski definition) is 4. The minimum atomic E-state index is -0.465. The van der Waals surface area contributed by atoms with Crippen molar-refractivity contribution in [1.82, 2.24) is 0 Å². The first-order valence-corrected chi connectivity index (χ1v) is 6.64. The molecule has 2 aromatic rings. The molecule has 0 radical (unpaired) electrons. The molecule has 1 aromatic carbocycles. The average Bonchev–Trinajstić information content (AvgIpc) is 2.81. The van der Waals surface area contributed by atoms with Gasteiger partial charge in [0.15, 0.2) is 0 Å². The summed E-state index contributed by atoms with van der Waals surface area (Å²) in [5.41, 5.74) is 1.03. The minimum absolute atomic E-state index is 0.379. The van der Waals surface area contributed by atoms with Gasteiger partial charge in [0.2, 0.25) is 0 Å². The van der Waals surface area contributed by atoms with E-state index in [0.717, 1.165) is 5.69 Å². The lowest BCUT2D eigenvalue weighted by Crippen LogP contribution is -2.24. The van der Waals surface area contributed by atoms with Gasteiger partial charge in [-0.15, -0.1) is 11.3 Å². The largest absolute Gasteiger partial charge is 0.389 e. The molecule has 0 saturated heterocycles. The summed E-state index contributed by atoms with van der Waals surface area (Å²) < 4.78 is 6.44. The van der Waals surface area contributed by atoms with Crippen molar-refractivity contribution in [1.29, 1.82) is 0 Å². The van der Waals surface area contributed by atoms with Crippen molar-refractivity contribution in [3.8, 4) is 0 Å². The van der Waals surface area contributed by atoms with Crippen molar-refractivity contribution in [3.05, 3.63) is 29.6 Å². The molecule has 4 heteroatoms. The van der Waals surface area contributed by atoms with Gasteiger partial charge in [-0.1, -0.05) is 0 Å². The van der Waals surface area contributed by atoms with Crippen molar-refractivity contribution in [2.24, 2.45) is 0 Å². The highest BCUT2D eigenvalue weighted by Gasteiger charge is 2.04. The lowest BCUT2D eigenvalue weighted by atomic mass is 10.2.